The SMILES string of the molecule is CC(C)(C)OC(=O)C[C@H]1CCCN1. The first-order valence-corrected chi connectivity index (χ1v) is 4.92. The molecule has 1 rings (SSSR count). The largest absolute Gasteiger partial charge is 0.460 e. The van der Waals surface area contributed by atoms with Gasteiger partial charge in [0.1, 0.15) is 5.60 Å². The summed E-state index contributed by atoms with van der Waals surface area (Å²) in [6.07, 6.45) is 2.78. The molecule has 3 nitrogen and oxygen atoms in total. The lowest BCUT2D eigenvalue weighted by Gasteiger charge is -2.20. The van der Waals surface area contributed by atoms with E-state index in [1.807, 2.05) is 20.8 Å². The molecule has 1 N–H and O–H groups in total. The lowest BCUT2D eigenvalue weighted by atomic mass is 10.1. The maximum Gasteiger partial charge on any atom is 0.307 e. The summed E-state index contributed by atoms with van der Waals surface area (Å²) in [5.74, 6) is -0.0908. The molecule has 0 aliphatic carbocycles. The van der Waals surface area contributed by atoms with Crippen molar-refractivity contribution in [1.82, 2.24) is 5.32 Å². The number of ether oxygens (including phenoxy) is 1. The van der Waals surface area contributed by atoms with Crippen molar-refractivity contribution in [2.45, 2.75) is 51.7 Å². The van der Waals surface area contributed by atoms with Gasteiger partial charge in [-0.05, 0) is 40.2 Å². The molecule has 0 saturated carbocycles. The Kier molecular flexibility index (Phi) is 3.31. The summed E-state index contributed by atoms with van der Waals surface area (Å²) in [6, 6.07) is 0.342. The van der Waals surface area contributed by atoms with Crippen LogP contribution in [0.15, 0.2) is 0 Å². The van der Waals surface area contributed by atoms with Gasteiger partial charge < -0.3 is 10.1 Å². The van der Waals surface area contributed by atoms with Gasteiger partial charge in [-0.3, -0.25) is 4.79 Å². The second-order valence-corrected chi connectivity index (χ2v) is 4.58. The van der Waals surface area contributed by atoms with Gasteiger partial charge in [0.25, 0.3) is 0 Å². The molecule has 13 heavy (non-hydrogen) atoms. The van der Waals surface area contributed by atoms with Crippen LogP contribution < -0.4 is 5.32 Å². The molecule has 0 aromatic rings. The fourth-order valence-electron chi connectivity index (χ4n) is 1.52. The zero-order chi connectivity index (χ0) is 9.90. The molecule has 1 atom stereocenters. The van der Waals surface area contributed by atoms with Gasteiger partial charge in [-0.15, -0.1) is 0 Å². The van der Waals surface area contributed by atoms with E-state index in [1.165, 1.54) is 6.42 Å². The van der Waals surface area contributed by atoms with Crippen LogP contribution in [0.2, 0.25) is 0 Å². The summed E-state index contributed by atoms with van der Waals surface area (Å²) < 4.78 is 5.22. The Morgan fingerprint density at radius 1 is 1.54 bits per heavy atom. The molecule has 1 aliphatic rings. The third-order valence-electron chi connectivity index (χ3n) is 2.00. The molecule has 0 spiro atoms. The normalized spacial score (nSPS) is 23.2. The predicted octanol–water partition coefficient (Wildman–Crippen LogP) is 1.47. The van der Waals surface area contributed by atoms with Gasteiger partial charge >= 0.3 is 5.97 Å². The van der Waals surface area contributed by atoms with Crippen LogP contribution >= 0.6 is 0 Å². The van der Waals surface area contributed by atoms with Crippen LogP contribution in [0, 0.1) is 0 Å². The fraction of sp³-hybridized carbons (Fsp3) is 0.900. The molecule has 0 radical (unpaired) electrons. The monoisotopic (exact) mass is 185 g/mol. The Morgan fingerprint density at radius 3 is 2.69 bits per heavy atom. The molecule has 76 valence electrons. The van der Waals surface area contributed by atoms with E-state index in [-0.39, 0.29) is 11.6 Å². The average molecular weight is 185 g/mol. The van der Waals surface area contributed by atoms with Crippen LogP contribution in [0.1, 0.15) is 40.0 Å². The van der Waals surface area contributed by atoms with Crippen LogP contribution in [0.25, 0.3) is 0 Å². The van der Waals surface area contributed by atoms with E-state index < -0.39 is 0 Å². The van der Waals surface area contributed by atoms with Crippen LogP contribution in [-0.2, 0) is 9.53 Å². The highest BCUT2D eigenvalue weighted by molar-refractivity contribution is 5.70. The number of carbonyl (C=O) groups is 1. The molecule has 0 aromatic heterocycles. The summed E-state index contributed by atoms with van der Waals surface area (Å²) >= 11 is 0. The highest BCUT2D eigenvalue weighted by Gasteiger charge is 2.22. The van der Waals surface area contributed by atoms with Gasteiger partial charge in [0.05, 0.1) is 6.42 Å². The zero-order valence-corrected chi connectivity index (χ0v) is 8.72. The van der Waals surface area contributed by atoms with Crippen molar-refractivity contribution in [3.8, 4) is 0 Å². The number of hydrogen-bond acceptors (Lipinski definition) is 3. The maximum atomic E-state index is 11.4. The lowest BCUT2D eigenvalue weighted by molar-refractivity contribution is -0.155. The molecule has 0 unspecified atom stereocenters. The molecule has 1 saturated heterocycles. The van der Waals surface area contributed by atoms with E-state index in [0.29, 0.717) is 12.5 Å². The topological polar surface area (TPSA) is 38.3 Å². The lowest BCUT2D eigenvalue weighted by Crippen LogP contribution is -2.30. The first-order chi connectivity index (χ1) is 5.97. The number of hydrogen-bond donors (Lipinski definition) is 1. The van der Waals surface area contributed by atoms with E-state index in [4.69, 9.17) is 4.74 Å². The fourth-order valence-corrected chi connectivity index (χ4v) is 1.52. The Bertz CT molecular complexity index is 178. The first-order valence-electron chi connectivity index (χ1n) is 4.92. The van der Waals surface area contributed by atoms with Crippen LogP contribution in [0.4, 0.5) is 0 Å². The number of rotatable bonds is 2. The number of nitrogens with one attached hydrogen (secondary N) is 1. The average Bonchev–Trinajstić information content (AvgIpc) is 2.34. The first kappa shape index (κ1) is 10.5. The standard InChI is InChI=1S/C10H19NO2/c1-10(2,3)13-9(12)7-8-5-4-6-11-8/h8,11H,4-7H2,1-3H3/t8-/m1/s1. The quantitative estimate of drug-likeness (QED) is 0.662. The third-order valence-corrected chi connectivity index (χ3v) is 2.00. The van der Waals surface area contributed by atoms with Crippen LogP contribution in [0.5, 0.6) is 0 Å². The molecular weight excluding hydrogens is 166 g/mol. The predicted molar refractivity (Wildman–Crippen MR) is 51.5 cm³/mol. The third kappa shape index (κ3) is 4.27. The Labute approximate surface area is 79.8 Å². The van der Waals surface area contributed by atoms with E-state index in [9.17, 15) is 4.79 Å². The minimum Gasteiger partial charge on any atom is -0.460 e. The maximum absolute atomic E-state index is 11.4. The van der Waals surface area contributed by atoms with Gasteiger partial charge in [-0.25, -0.2) is 0 Å². The van der Waals surface area contributed by atoms with Crippen molar-refractivity contribution in [2.75, 3.05) is 6.54 Å². The molecule has 0 aromatic carbocycles. The van der Waals surface area contributed by atoms with Crippen molar-refractivity contribution in [3.63, 3.8) is 0 Å². The van der Waals surface area contributed by atoms with Gasteiger partial charge in [0.2, 0.25) is 0 Å². The minimum atomic E-state index is -0.352. The van der Waals surface area contributed by atoms with E-state index in [0.717, 1.165) is 13.0 Å². The Morgan fingerprint density at radius 2 is 2.23 bits per heavy atom. The highest BCUT2D eigenvalue weighted by atomic mass is 16.6. The molecule has 1 fully saturated rings. The van der Waals surface area contributed by atoms with Gasteiger partial charge in [-0.2, -0.15) is 0 Å². The van der Waals surface area contributed by atoms with Crippen LogP contribution in [-0.4, -0.2) is 24.2 Å². The highest BCUT2D eigenvalue weighted by Crippen LogP contribution is 2.13. The number of esters is 1. The van der Waals surface area contributed by atoms with E-state index in [1.54, 1.807) is 0 Å². The molecule has 3 heteroatoms. The summed E-state index contributed by atoms with van der Waals surface area (Å²) in [5, 5.41) is 3.27. The Hall–Kier alpha value is -0.570. The number of carbonyl (C=O) groups excluding carboxylic acids is 1. The molecule has 0 amide bonds. The van der Waals surface area contributed by atoms with E-state index >= 15 is 0 Å². The minimum absolute atomic E-state index is 0.0908. The van der Waals surface area contributed by atoms with Gasteiger partial charge in [-0.1, -0.05) is 0 Å². The zero-order valence-electron chi connectivity index (χ0n) is 8.72. The second-order valence-electron chi connectivity index (χ2n) is 4.58. The second kappa shape index (κ2) is 4.09. The summed E-state index contributed by atoms with van der Waals surface area (Å²) in [5.41, 5.74) is -0.352. The van der Waals surface area contributed by atoms with Crippen LogP contribution in [0.3, 0.4) is 0 Å². The molecular formula is C10H19NO2. The molecule has 1 aliphatic heterocycles. The van der Waals surface area contributed by atoms with Gasteiger partial charge in [0, 0.05) is 6.04 Å². The summed E-state index contributed by atoms with van der Waals surface area (Å²) in [7, 11) is 0. The summed E-state index contributed by atoms with van der Waals surface area (Å²) in [4.78, 5) is 11.4. The molecule has 1 heterocycles. The van der Waals surface area contributed by atoms with Crippen molar-refractivity contribution in [3.05, 3.63) is 0 Å². The van der Waals surface area contributed by atoms with Crippen molar-refractivity contribution in [1.29, 1.82) is 0 Å². The van der Waals surface area contributed by atoms with Crippen molar-refractivity contribution < 1.29 is 9.53 Å². The van der Waals surface area contributed by atoms with Crippen molar-refractivity contribution in [2.24, 2.45) is 0 Å². The molecule has 0 bridgehead atoms. The Balaban J connectivity index is 2.24. The smallest absolute Gasteiger partial charge is 0.307 e. The van der Waals surface area contributed by atoms with Crippen molar-refractivity contribution >= 4 is 5.97 Å². The van der Waals surface area contributed by atoms with E-state index in [2.05, 4.69) is 5.32 Å². The summed E-state index contributed by atoms with van der Waals surface area (Å²) in [6.45, 7) is 6.72. The van der Waals surface area contributed by atoms with Gasteiger partial charge in [0.15, 0.2) is 0 Å².